The number of carboxylic acids is 1. The van der Waals surface area contributed by atoms with Gasteiger partial charge >= 0.3 is 5.97 Å². The normalized spacial score (nSPS) is 11.4. The Morgan fingerprint density at radius 1 is 1.32 bits per heavy atom. The Morgan fingerprint density at radius 2 is 2.05 bits per heavy atom. The topological polar surface area (TPSA) is 66.8 Å². The first-order chi connectivity index (χ1) is 9.08. The van der Waals surface area contributed by atoms with E-state index in [0.29, 0.717) is 24.4 Å². The highest BCUT2D eigenvalue weighted by Crippen LogP contribution is 2.28. The second-order valence-corrected chi connectivity index (χ2v) is 4.30. The van der Waals surface area contributed by atoms with Crippen molar-refractivity contribution in [1.82, 2.24) is 0 Å². The first kappa shape index (κ1) is 15.1. The fourth-order valence-corrected chi connectivity index (χ4v) is 1.66. The number of rotatable bonds is 7. The van der Waals surface area contributed by atoms with Gasteiger partial charge in [-0.2, -0.15) is 0 Å². The van der Waals surface area contributed by atoms with Gasteiger partial charge < -0.3 is 14.9 Å². The summed E-state index contributed by atoms with van der Waals surface area (Å²) in [4.78, 5) is 11.1. The smallest absolute Gasteiger partial charge is 0.331 e. The Kier molecular flexibility index (Phi) is 5.93. The van der Waals surface area contributed by atoms with Crippen molar-refractivity contribution in [2.75, 3.05) is 6.61 Å². The molecule has 0 unspecified atom stereocenters. The Hall–Kier alpha value is -1.97. The van der Waals surface area contributed by atoms with Crippen molar-refractivity contribution >= 4 is 12.0 Å². The van der Waals surface area contributed by atoms with Crippen LogP contribution in [0.3, 0.4) is 0 Å². The molecule has 1 aromatic rings. The molecule has 2 N–H and O–H groups in total. The Morgan fingerprint density at radius 3 is 2.63 bits per heavy atom. The quantitative estimate of drug-likeness (QED) is 0.740. The van der Waals surface area contributed by atoms with Gasteiger partial charge in [0.1, 0.15) is 0 Å². The minimum atomic E-state index is -0.911. The molecule has 104 valence electrons. The molecule has 0 aliphatic carbocycles. The molecule has 19 heavy (non-hydrogen) atoms. The van der Waals surface area contributed by atoms with Crippen LogP contribution in [0.2, 0.25) is 0 Å². The van der Waals surface area contributed by atoms with Gasteiger partial charge in [0, 0.05) is 5.57 Å². The minimum Gasteiger partial charge on any atom is -0.504 e. The molecule has 4 heteroatoms. The third kappa shape index (κ3) is 4.66. The van der Waals surface area contributed by atoms with Gasteiger partial charge in [0.25, 0.3) is 0 Å². The molecule has 1 aromatic carbocycles. The van der Waals surface area contributed by atoms with Gasteiger partial charge in [-0.15, -0.1) is 0 Å². The van der Waals surface area contributed by atoms with E-state index in [0.717, 1.165) is 18.4 Å². The van der Waals surface area contributed by atoms with Crippen molar-refractivity contribution in [3.05, 3.63) is 29.3 Å². The monoisotopic (exact) mass is 264 g/mol. The van der Waals surface area contributed by atoms with Crippen LogP contribution in [0.5, 0.6) is 11.5 Å². The molecule has 0 aromatic heterocycles. The van der Waals surface area contributed by atoms with E-state index in [4.69, 9.17) is 9.84 Å². The van der Waals surface area contributed by atoms with Gasteiger partial charge in [-0.05, 0) is 36.6 Å². The first-order valence-corrected chi connectivity index (χ1v) is 6.48. The average Bonchev–Trinajstić information content (AvgIpc) is 2.38. The van der Waals surface area contributed by atoms with Crippen molar-refractivity contribution in [1.29, 1.82) is 0 Å². The van der Waals surface area contributed by atoms with Crippen LogP contribution in [0.1, 0.15) is 38.7 Å². The van der Waals surface area contributed by atoms with Crippen LogP contribution in [0.25, 0.3) is 6.08 Å². The number of hydrogen-bond acceptors (Lipinski definition) is 3. The molecule has 0 radical (unpaired) electrons. The molecule has 4 nitrogen and oxygen atoms in total. The number of ether oxygens (including phenoxy) is 1. The lowest BCUT2D eigenvalue weighted by atomic mass is 10.1. The summed E-state index contributed by atoms with van der Waals surface area (Å²) in [7, 11) is 0. The second kappa shape index (κ2) is 7.46. The van der Waals surface area contributed by atoms with E-state index in [1.807, 2.05) is 13.8 Å². The number of phenolic OH excluding ortho intramolecular Hbond substituents is 1. The zero-order chi connectivity index (χ0) is 14.3. The van der Waals surface area contributed by atoms with Crippen LogP contribution in [-0.2, 0) is 4.79 Å². The highest BCUT2D eigenvalue weighted by atomic mass is 16.5. The predicted octanol–water partition coefficient (Wildman–Crippen LogP) is 3.45. The molecule has 0 fully saturated rings. The van der Waals surface area contributed by atoms with Crippen LogP contribution in [0.4, 0.5) is 0 Å². The first-order valence-electron chi connectivity index (χ1n) is 6.48. The number of benzene rings is 1. The summed E-state index contributed by atoms with van der Waals surface area (Å²) in [5.74, 6) is -0.458. The van der Waals surface area contributed by atoms with Gasteiger partial charge in [0.05, 0.1) is 6.61 Å². The molecule has 0 atom stereocenters. The molecule has 0 heterocycles. The lowest BCUT2D eigenvalue weighted by molar-refractivity contribution is -0.132. The van der Waals surface area contributed by atoms with Crippen LogP contribution in [0, 0.1) is 0 Å². The highest BCUT2D eigenvalue weighted by Gasteiger charge is 2.08. The standard InChI is InChI=1S/C15H20O4/c1-3-5-12(15(17)18)9-11-6-7-13(16)14(10-11)19-8-4-2/h6-7,9-10,16H,3-5,8H2,1-2H3,(H,17,18)/b12-9+. The van der Waals surface area contributed by atoms with E-state index in [2.05, 4.69) is 0 Å². The molecule has 0 saturated carbocycles. The molecular weight excluding hydrogens is 244 g/mol. The van der Waals surface area contributed by atoms with Gasteiger partial charge in [0.15, 0.2) is 11.5 Å². The lowest BCUT2D eigenvalue weighted by Gasteiger charge is -2.08. The molecule has 0 bridgehead atoms. The van der Waals surface area contributed by atoms with Gasteiger partial charge in [-0.3, -0.25) is 0 Å². The van der Waals surface area contributed by atoms with Crippen molar-refractivity contribution in [3.8, 4) is 11.5 Å². The summed E-state index contributed by atoms with van der Waals surface area (Å²) >= 11 is 0. The summed E-state index contributed by atoms with van der Waals surface area (Å²) in [6, 6.07) is 4.85. The van der Waals surface area contributed by atoms with E-state index < -0.39 is 5.97 Å². The van der Waals surface area contributed by atoms with Crippen molar-refractivity contribution in [2.45, 2.75) is 33.1 Å². The molecule has 0 amide bonds. The highest BCUT2D eigenvalue weighted by molar-refractivity contribution is 5.92. The van der Waals surface area contributed by atoms with Crippen LogP contribution < -0.4 is 4.74 Å². The largest absolute Gasteiger partial charge is 0.504 e. The molecule has 1 rings (SSSR count). The molecule has 0 spiro atoms. The number of carboxylic acid groups (broad SMARTS) is 1. The zero-order valence-electron chi connectivity index (χ0n) is 11.3. The van der Waals surface area contributed by atoms with Gasteiger partial charge in [-0.1, -0.05) is 26.3 Å². The van der Waals surface area contributed by atoms with Crippen molar-refractivity contribution in [2.24, 2.45) is 0 Å². The minimum absolute atomic E-state index is 0.0676. The van der Waals surface area contributed by atoms with E-state index in [-0.39, 0.29) is 5.75 Å². The van der Waals surface area contributed by atoms with E-state index in [1.54, 1.807) is 18.2 Å². The summed E-state index contributed by atoms with van der Waals surface area (Å²) in [6.45, 7) is 4.43. The Labute approximate surface area is 113 Å². The Balaban J connectivity index is 2.99. The van der Waals surface area contributed by atoms with E-state index in [1.165, 1.54) is 6.07 Å². The SMILES string of the molecule is CCCOc1cc(/C=C(\CCC)C(=O)O)ccc1O. The van der Waals surface area contributed by atoms with Gasteiger partial charge in [0.2, 0.25) is 0 Å². The summed E-state index contributed by atoms with van der Waals surface area (Å²) in [6.07, 6.45) is 3.75. The van der Waals surface area contributed by atoms with Crippen molar-refractivity contribution in [3.63, 3.8) is 0 Å². The maximum Gasteiger partial charge on any atom is 0.331 e. The fourth-order valence-electron chi connectivity index (χ4n) is 1.66. The fraction of sp³-hybridized carbons (Fsp3) is 0.400. The van der Waals surface area contributed by atoms with Crippen LogP contribution in [-0.4, -0.2) is 22.8 Å². The Bertz CT molecular complexity index is 463. The van der Waals surface area contributed by atoms with Crippen LogP contribution in [0.15, 0.2) is 23.8 Å². The number of aliphatic carboxylic acids is 1. The number of hydrogen-bond donors (Lipinski definition) is 2. The number of phenols is 1. The third-order valence-corrected chi connectivity index (χ3v) is 2.58. The molecular formula is C15H20O4. The van der Waals surface area contributed by atoms with Crippen molar-refractivity contribution < 1.29 is 19.7 Å². The molecule has 0 saturated heterocycles. The summed E-state index contributed by atoms with van der Waals surface area (Å²) in [5.41, 5.74) is 1.07. The summed E-state index contributed by atoms with van der Waals surface area (Å²) < 4.78 is 5.40. The number of carbonyl (C=O) groups is 1. The summed E-state index contributed by atoms with van der Waals surface area (Å²) in [5, 5.41) is 18.7. The average molecular weight is 264 g/mol. The van der Waals surface area contributed by atoms with E-state index in [9.17, 15) is 9.90 Å². The maximum absolute atomic E-state index is 11.1. The van der Waals surface area contributed by atoms with Gasteiger partial charge in [-0.25, -0.2) is 4.79 Å². The maximum atomic E-state index is 11.1. The van der Waals surface area contributed by atoms with E-state index >= 15 is 0 Å². The van der Waals surface area contributed by atoms with Crippen LogP contribution >= 0.6 is 0 Å². The predicted molar refractivity (Wildman–Crippen MR) is 74.4 cm³/mol. The zero-order valence-corrected chi connectivity index (χ0v) is 11.3. The second-order valence-electron chi connectivity index (χ2n) is 4.30. The molecule has 0 aliphatic heterocycles. The third-order valence-electron chi connectivity index (χ3n) is 2.58. The number of aromatic hydroxyl groups is 1. The molecule has 0 aliphatic rings. The lowest BCUT2D eigenvalue weighted by Crippen LogP contribution is -2.00.